The van der Waals surface area contributed by atoms with E-state index in [4.69, 9.17) is 26.2 Å². The number of hydrogen-bond donors (Lipinski definition) is 1. The van der Waals surface area contributed by atoms with E-state index in [9.17, 15) is 22.8 Å². The fourth-order valence-electron chi connectivity index (χ4n) is 7.78. The maximum atomic E-state index is 16.5. The van der Waals surface area contributed by atoms with Crippen LogP contribution in [-0.4, -0.2) is 58.7 Å². The number of carbonyl (C=O) groups excluding carboxylic acids is 1. The molecule has 0 saturated heterocycles. The third kappa shape index (κ3) is 7.62. The highest BCUT2D eigenvalue weighted by Crippen LogP contribution is 2.45. The molecule has 57 heavy (non-hydrogen) atoms. The number of quaternary nitrogens is 1. The molecule has 4 aromatic carbocycles. The first-order valence-electron chi connectivity index (χ1n) is 18.6. The molecule has 11 nitrogen and oxygen atoms in total. The lowest BCUT2D eigenvalue weighted by Crippen LogP contribution is -2.70. The Kier molecular flexibility index (Phi) is 11.4. The Labute approximate surface area is 332 Å². The van der Waals surface area contributed by atoms with Gasteiger partial charge in [0.15, 0.2) is 0 Å². The van der Waals surface area contributed by atoms with Crippen LogP contribution in [0.4, 0.5) is 18.9 Å². The summed E-state index contributed by atoms with van der Waals surface area (Å²) in [5, 5.41) is 18.7. The molecule has 0 unspecified atom stereocenters. The van der Waals surface area contributed by atoms with E-state index in [1.807, 2.05) is 6.92 Å². The third-order valence-electron chi connectivity index (χ3n) is 10.3. The number of nitrogens with two attached hydrogens (primary N) is 1. The molecule has 2 aromatic heterocycles. The number of ether oxygens (including phenoxy) is 2. The van der Waals surface area contributed by atoms with Crippen molar-refractivity contribution in [3.8, 4) is 16.9 Å². The largest absolute Gasteiger partial charge is 0.630 e. The summed E-state index contributed by atoms with van der Waals surface area (Å²) in [7, 11) is -2.80. The van der Waals surface area contributed by atoms with Crippen molar-refractivity contribution in [2.75, 3.05) is 19.8 Å². The predicted molar refractivity (Wildman–Crippen MR) is 211 cm³/mol. The van der Waals surface area contributed by atoms with Crippen LogP contribution >= 0.6 is 11.6 Å². The number of hydrogen-bond acceptors (Lipinski definition) is 7. The second-order valence-corrected chi connectivity index (χ2v) is 16.2. The van der Waals surface area contributed by atoms with Gasteiger partial charge < -0.3 is 24.7 Å². The topological polar surface area (TPSA) is 135 Å². The Bertz CT molecular complexity index is 2610. The SMILES string of the molecule is CCOC(=O)c1c(CCCOc2cccc3cc(F)ccc23)c2ccc(Cl)c3c2n1CC(F)(F)CCN(S(=O)(=O)c1ccccc1[NH2+][O-])Cc1nn(C)c(CC)c1-3. The first-order chi connectivity index (χ1) is 27.3. The van der Waals surface area contributed by atoms with Crippen LogP contribution < -0.4 is 10.2 Å². The number of nitrogens with zero attached hydrogens (tertiary/aromatic N) is 4. The standard InChI is InChI=1S/C41H41ClF3N5O6S/c1-4-33-37-32(46-48(33)3)23-49(57(53,54)35-14-7-6-12-31(35)47-52)20-19-41(44,45)24-50-38-29(17-18-30(42)36(37)38)28(39(50)40(51)55-5-2)11-9-21-56-34-13-8-10-25-22-26(43)15-16-27(25)34/h6-8,10,12-18,22H,4-5,9,11,19-21,23-24,47H2,1-3H3. The van der Waals surface area contributed by atoms with Crippen LogP contribution in [0.1, 0.15) is 54.1 Å². The molecular weight excluding hydrogens is 783 g/mol. The van der Waals surface area contributed by atoms with E-state index in [0.29, 0.717) is 57.2 Å². The second kappa shape index (κ2) is 16.1. The number of fused-ring (bicyclic) bond motifs is 3. The maximum absolute atomic E-state index is 16.5. The van der Waals surface area contributed by atoms with Gasteiger partial charge in [-0.25, -0.2) is 26.4 Å². The highest BCUT2D eigenvalue weighted by molar-refractivity contribution is 7.89. The van der Waals surface area contributed by atoms with Crippen molar-refractivity contribution in [3.63, 3.8) is 0 Å². The van der Waals surface area contributed by atoms with Crippen molar-refractivity contribution in [1.82, 2.24) is 18.7 Å². The minimum Gasteiger partial charge on any atom is -0.630 e. The Morgan fingerprint density at radius 3 is 2.56 bits per heavy atom. The fourth-order valence-corrected chi connectivity index (χ4v) is 9.60. The minimum absolute atomic E-state index is 0.0175. The van der Waals surface area contributed by atoms with Crippen molar-refractivity contribution >= 4 is 55.0 Å². The summed E-state index contributed by atoms with van der Waals surface area (Å²) in [6, 6.07) is 18.7. The average Bonchev–Trinajstić information content (AvgIpc) is 3.65. The quantitative estimate of drug-likeness (QED) is 0.0614. The molecule has 0 aliphatic carbocycles. The predicted octanol–water partition coefficient (Wildman–Crippen LogP) is 7.66. The molecule has 1 aliphatic rings. The lowest BCUT2D eigenvalue weighted by molar-refractivity contribution is -0.499. The monoisotopic (exact) mass is 823 g/mol. The van der Waals surface area contributed by atoms with Gasteiger partial charge >= 0.3 is 5.97 Å². The molecule has 0 bridgehead atoms. The van der Waals surface area contributed by atoms with Crippen molar-refractivity contribution in [1.29, 1.82) is 0 Å². The van der Waals surface area contributed by atoms with E-state index in [2.05, 4.69) is 0 Å². The van der Waals surface area contributed by atoms with Crippen LogP contribution in [-0.2, 0) is 47.7 Å². The lowest BCUT2D eigenvalue weighted by Gasteiger charge is -2.25. The Morgan fingerprint density at radius 2 is 1.81 bits per heavy atom. The molecular formula is C41H41ClF3N5O6S. The number of benzene rings is 4. The van der Waals surface area contributed by atoms with Gasteiger partial charge in [-0.3, -0.25) is 4.68 Å². The molecule has 300 valence electrons. The molecule has 3 heterocycles. The zero-order chi connectivity index (χ0) is 40.6. The highest BCUT2D eigenvalue weighted by atomic mass is 35.5. The van der Waals surface area contributed by atoms with Crippen LogP contribution in [0.5, 0.6) is 5.75 Å². The van der Waals surface area contributed by atoms with Gasteiger partial charge in [0.1, 0.15) is 27.8 Å². The van der Waals surface area contributed by atoms with Gasteiger partial charge in [0.05, 0.1) is 42.5 Å². The Morgan fingerprint density at radius 1 is 1.04 bits per heavy atom. The zero-order valence-corrected chi connectivity index (χ0v) is 33.1. The molecule has 0 atom stereocenters. The van der Waals surface area contributed by atoms with Crippen molar-refractivity contribution < 1.29 is 41.3 Å². The number of esters is 1. The van der Waals surface area contributed by atoms with Gasteiger partial charge in [-0.05, 0) is 73.5 Å². The van der Waals surface area contributed by atoms with Crippen LogP contribution in [0.3, 0.4) is 0 Å². The molecule has 2 N–H and O–H groups in total. The summed E-state index contributed by atoms with van der Waals surface area (Å²) in [6.07, 6.45) is 0.0877. The number of sulfonamides is 1. The summed E-state index contributed by atoms with van der Waals surface area (Å²) in [4.78, 5) is 13.6. The van der Waals surface area contributed by atoms with Gasteiger partial charge in [-0.2, -0.15) is 9.40 Å². The van der Waals surface area contributed by atoms with E-state index in [-0.39, 0.29) is 58.0 Å². The van der Waals surface area contributed by atoms with E-state index in [1.54, 1.807) is 55.1 Å². The average molecular weight is 824 g/mol. The number of carbonyl (C=O) groups is 1. The molecule has 1 aliphatic heterocycles. The molecule has 0 fully saturated rings. The van der Waals surface area contributed by atoms with Crippen LogP contribution in [0.15, 0.2) is 77.7 Å². The molecule has 0 saturated carbocycles. The summed E-state index contributed by atoms with van der Waals surface area (Å²) in [5.41, 5.74) is 2.68. The van der Waals surface area contributed by atoms with E-state index in [0.717, 1.165) is 9.69 Å². The minimum atomic E-state index is -4.51. The summed E-state index contributed by atoms with van der Waals surface area (Å²) < 4.78 is 90.9. The molecule has 7 rings (SSSR count). The van der Waals surface area contributed by atoms with E-state index >= 15 is 8.78 Å². The molecule has 0 radical (unpaired) electrons. The van der Waals surface area contributed by atoms with E-state index < -0.39 is 48.0 Å². The number of aromatic nitrogens is 3. The Hall–Kier alpha value is -4.93. The smallest absolute Gasteiger partial charge is 0.355 e. The summed E-state index contributed by atoms with van der Waals surface area (Å²) in [6.45, 7) is 1.65. The molecule has 6 aromatic rings. The number of halogens is 4. The van der Waals surface area contributed by atoms with Crippen molar-refractivity contribution in [2.24, 2.45) is 7.05 Å². The fraction of sp³-hybridized carbons (Fsp3) is 0.317. The summed E-state index contributed by atoms with van der Waals surface area (Å²) in [5.74, 6) is -4.18. The molecule has 0 spiro atoms. The van der Waals surface area contributed by atoms with Gasteiger partial charge in [-0.1, -0.05) is 48.9 Å². The lowest BCUT2D eigenvalue weighted by atomic mass is 9.97. The number of aryl methyl sites for hydroxylation is 2. The van der Waals surface area contributed by atoms with Gasteiger partial charge in [0, 0.05) is 53.7 Å². The van der Waals surface area contributed by atoms with E-state index in [1.165, 1.54) is 41.0 Å². The number of rotatable bonds is 11. The van der Waals surface area contributed by atoms with Crippen molar-refractivity contribution in [3.05, 3.63) is 111 Å². The maximum Gasteiger partial charge on any atom is 0.355 e. The van der Waals surface area contributed by atoms with Gasteiger partial charge in [0.2, 0.25) is 10.0 Å². The number of alkyl halides is 2. The van der Waals surface area contributed by atoms with Crippen LogP contribution in [0.2, 0.25) is 5.02 Å². The Balaban J connectivity index is 1.38. The third-order valence-corrected chi connectivity index (χ3v) is 12.5. The summed E-state index contributed by atoms with van der Waals surface area (Å²) >= 11 is 7.05. The second-order valence-electron chi connectivity index (χ2n) is 13.9. The van der Waals surface area contributed by atoms with Crippen LogP contribution in [0, 0.1) is 11.0 Å². The van der Waals surface area contributed by atoms with Crippen LogP contribution in [0.25, 0.3) is 32.8 Å². The zero-order valence-electron chi connectivity index (χ0n) is 31.5. The molecule has 16 heteroatoms. The first kappa shape index (κ1) is 40.3. The first-order valence-corrected chi connectivity index (χ1v) is 20.4. The normalized spacial score (nSPS) is 14.7. The van der Waals surface area contributed by atoms with Gasteiger partial charge in [-0.15, -0.1) is 0 Å². The molecule has 0 amide bonds. The van der Waals surface area contributed by atoms with Crippen molar-refractivity contribution in [2.45, 2.75) is 63.4 Å². The van der Waals surface area contributed by atoms with Gasteiger partial charge in [0.25, 0.3) is 5.92 Å². The highest BCUT2D eigenvalue weighted by Gasteiger charge is 2.40.